The standard InChI is InChI=1S/C55H37N5/c1-4-19-37(20-5-1)53-56-54(38-21-6-2-7-22-38)58-55(57-53)44-27-13-15-31-46(44)60-45-30-14-12-26-43(45)50-41(28-16-32-47(50)60)42-29-17-33-48-52(42)51-40-25-11-10-18-36(40)34-35-49(51)59(48)39-23-8-3-9-24-39/h1-21,23-35,38H,22H2. The molecule has 3 aromatic heterocycles. The third-order valence-electron chi connectivity index (χ3n) is 12.1. The summed E-state index contributed by atoms with van der Waals surface area (Å²) < 4.78 is 4.83. The highest BCUT2D eigenvalue weighted by atomic mass is 15.1. The second kappa shape index (κ2) is 13.9. The van der Waals surface area contributed by atoms with Gasteiger partial charge in [-0.3, -0.25) is 0 Å². The minimum atomic E-state index is 0.0647. The average molecular weight is 768 g/mol. The lowest BCUT2D eigenvalue weighted by Crippen LogP contribution is -2.09. The van der Waals surface area contributed by atoms with Gasteiger partial charge in [0, 0.05) is 44.3 Å². The van der Waals surface area contributed by atoms with Gasteiger partial charge in [-0.1, -0.05) is 158 Å². The van der Waals surface area contributed by atoms with Gasteiger partial charge >= 0.3 is 0 Å². The zero-order chi connectivity index (χ0) is 39.6. The predicted octanol–water partition coefficient (Wildman–Crippen LogP) is 13.8. The number of hydrogen-bond acceptors (Lipinski definition) is 3. The van der Waals surface area contributed by atoms with Gasteiger partial charge in [-0.05, 0) is 76.9 Å². The topological polar surface area (TPSA) is 48.5 Å². The molecule has 0 aliphatic heterocycles. The van der Waals surface area contributed by atoms with Gasteiger partial charge in [0.15, 0.2) is 11.6 Å². The van der Waals surface area contributed by atoms with Crippen LogP contribution in [-0.4, -0.2) is 24.1 Å². The second-order valence-electron chi connectivity index (χ2n) is 15.5. The van der Waals surface area contributed by atoms with Crippen LogP contribution in [0.25, 0.3) is 99.7 Å². The molecular weight excluding hydrogens is 731 g/mol. The van der Waals surface area contributed by atoms with Gasteiger partial charge in [0.25, 0.3) is 0 Å². The maximum absolute atomic E-state index is 5.24. The molecule has 0 saturated carbocycles. The molecule has 3 heterocycles. The summed E-state index contributed by atoms with van der Waals surface area (Å²) in [6.45, 7) is 0. The van der Waals surface area contributed by atoms with E-state index >= 15 is 0 Å². The second-order valence-corrected chi connectivity index (χ2v) is 15.5. The van der Waals surface area contributed by atoms with Crippen molar-refractivity contribution in [2.45, 2.75) is 12.3 Å². The number of nitrogens with zero attached hydrogens (tertiary/aromatic N) is 5. The van der Waals surface area contributed by atoms with Crippen LogP contribution in [-0.2, 0) is 0 Å². The molecule has 1 aliphatic carbocycles. The molecule has 60 heavy (non-hydrogen) atoms. The quantitative estimate of drug-likeness (QED) is 0.169. The van der Waals surface area contributed by atoms with E-state index in [9.17, 15) is 0 Å². The normalized spacial score (nSPS) is 14.0. The first-order valence-corrected chi connectivity index (χ1v) is 20.6. The summed E-state index contributed by atoms with van der Waals surface area (Å²) in [4.78, 5) is 15.5. The molecule has 0 N–H and O–H groups in total. The summed E-state index contributed by atoms with van der Waals surface area (Å²) in [5, 5.41) is 7.37. The van der Waals surface area contributed by atoms with Crippen LogP contribution in [0.3, 0.4) is 0 Å². The number of fused-ring (bicyclic) bond motifs is 8. The summed E-state index contributed by atoms with van der Waals surface area (Å²) in [5.74, 6) is 2.17. The van der Waals surface area contributed by atoms with Gasteiger partial charge in [0.2, 0.25) is 0 Å². The van der Waals surface area contributed by atoms with E-state index in [4.69, 9.17) is 15.0 Å². The van der Waals surface area contributed by atoms with Crippen LogP contribution in [0.5, 0.6) is 0 Å². The third-order valence-corrected chi connectivity index (χ3v) is 12.1. The number of benzene rings is 8. The van der Waals surface area contributed by atoms with Gasteiger partial charge in [-0.25, -0.2) is 15.0 Å². The van der Waals surface area contributed by atoms with Crippen LogP contribution in [0, 0.1) is 0 Å². The van der Waals surface area contributed by atoms with E-state index in [2.05, 4.69) is 197 Å². The van der Waals surface area contributed by atoms with E-state index < -0.39 is 0 Å². The molecule has 0 bridgehead atoms. The van der Waals surface area contributed by atoms with Crippen LogP contribution >= 0.6 is 0 Å². The Morgan fingerprint density at radius 3 is 1.87 bits per heavy atom. The Labute approximate surface area is 346 Å². The molecule has 5 heteroatoms. The molecule has 8 aromatic carbocycles. The summed E-state index contributed by atoms with van der Waals surface area (Å²) in [7, 11) is 0. The molecule has 5 nitrogen and oxygen atoms in total. The zero-order valence-corrected chi connectivity index (χ0v) is 32.7. The van der Waals surface area contributed by atoms with Gasteiger partial charge in [-0.2, -0.15) is 0 Å². The van der Waals surface area contributed by atoms with Gasteiger partial charge in [-0.15, -0.1) is 0 Å². The highest BCUT2D eigenvalue weighted by molar-refractivity contribution is 6.27. The Morgan fingerprint density at radius 1 is 0.417 bits per heavy atom. The Bertz CT molecular complexity index is 3520. The fourth-order valence-electron chi connectivity index (χ4n) is 9.44. The zero-order valence-electron chi connectivity index (χ0n) is 32.7. The van der Waals surface area contributed by atoms with Crippen molar-refractivity contribution in [3.8, 4) is 45.3 Å². The molecule has 282 valence electrons. The van der Waals surface area contributed by atoms with Crippen LogP contribution in [0.1, 0.15) is 18.2 Å². The molecule has 1 unspecified atom stereocenters. The number of aromatic nitrogens is 5. The molecule has 0 saturated heterocycles. The first kappa shape index (κ1) is 34.2. The fraction of sp³-hybridized carbons (Fsp3) is 0.0364. The molecule has 0 spiro atoms. The van der Waals surface area contributed by atoms with Crippen LogP contribution < -0.4 is 0 Å². The average Bonchev–Trinajstić information content (AvgIpc) is 3.86. The van der Waals surface area contributed by atoms with Crippen molar-refractivity contribution in [2.75, 3.05) is 0 Å². The molecule has 12 rings (SSSR count). The summed E-state index contributed by atoms with van der Waals surface area (Å²) >= 11 is 0. The molecule has 1 aliphatic rings. The Hall–Kier alpha value is -7.89. The number of allylic oxidation sites excluding steroid dienone is 4. The van der Waals surface area contributed by atoms with E-state index in [1.165, 1.54) is 54.5 Å². The smallest absolute Gasteiger partial charge is 0.165 e. The number of hydrogen-bond donors (Lipinski definition) is 0. The van der Waals surface area contributed by atoms with Crippen molar-refractivity contribution >= 4 is 54.4 Å². The maximum atomic E-state index is 5.24. The van der Waals surface area contributed by atoms with E-state index in [1.54, 1.807) is 0 Å². The fourth-order valence-corrected chi connectivity index (χ4v) is 9.44. The maximum Gasteiger partial charge on any atom is 0.165 e. The van der Waals surface area contributed by atoms with E-state index in [0.29, 0.717) is 11.6 Å². The molecule has 0 amide bonds. The van der Waals surface area contributed by atoms with Crippen LogP contribution in [0.4, 0.5) is 0 Å². The van der Waals surface area contributed by atoms with E-state index in [0.717, 1.165) is 45.8 Å². The summed E-state index contributed by atoms with van der Waals surface area (Å²) in [5.41, 5.74) is 11.1. The molecular formula is C55H37N5. The van der Waals surface area contributed by atoms with Crippen molar-refractivity contribution in [2.24, 2.45) is 0 Å². The minimum absolute atomic E-state index is 0.0647. The van der Waals surface area contributed by atoms with E-state index in [-0.39, 0.29) is 5.92 Å². The SMILES string of the molecule is C1=CCC(c2nc(-c3ccccc3)nc(-c3ccccc3-n3c4ccccc4c4c(-c5cccc6c5c5c7ccccc7ccc5n6-c5ccccc5)cccc43)n2)C=C1. The molecule has 11 aromatic rings. The highest BCUT2D eigenvalue weighted by Gasteiger charge is 2.24. The van der Waals surface area contributed by atoms with Crippen molar-refractivity contribution in [1.29, 1.82) is 0 Å². The van der Waals surface area contributed by atoms with E-state index in [1.807, 2.05) is 18.2 Å². The third kappa shape index (κ3) is 5.36. The first-order chi connectivity index (χ1) is 29.8. The summed E-state index contributed by atoms with van der Waals surface area (Å²) in [6.07, 6.45) is 9.40. The predicted molar refractivity (Wildman–Crippen MR) is 248 cm³/mol. The Balaban J connectivity index is 1.13. The molecule has 1 atom stereocenters. The van der Waals surface area contributed by atoms with Crippen LogP contribution in [0.2, 0.25) is 0 Å². The summed E-state index contributed by atoms with van der Waals surface area (Å²) in [6, 6.07) is 65.2. The number of para-hydroxylation sites is 3. The lowest BCUT2D eigenvalue weighted by atomic mass is 9.94. The molecule has 0 radical (unpaired) electrons. The van der Waals surface area contributed by atoms with Gasteiger partial charge in [0.1, 0.15) is 5.82 Å². The first-order valence-electron chi connectivity index (χ1n) is 20.6. The lowest BCUT2D eigenvalue weighted by molar-refractivity contribution is 0.764. The van der Waals surface area contributed by atoms with Gasteiger partial charge < -0.3 is 9.13 Å². The van der Waals surface area contributed by atoms with Crippen molar-refractivity contribution in [3.05, 3.63) is 212 Å². The van der Waals surface area contributed by atoms with Crippen molar-refractivity contribution in [1.82, 2.24) is 24.1 Å². The Morgan fingerprint density at radius 2 is 1.05 bits per heavy atom. The lowest BCUT2D eigenvalue weighted by Gasteiger charge is -2.17. The van der Waals surface area contributed by atoms with Crippen molar-refractivity contribution < 1.29 is 0 Å². The Kier molecular flexibility index (Phi) is 7.91. The van der Waals surface area contributed by atoms with Crippen molar-refractivity contribution in [3.63, 3.8) is 0 Å². The monoisotopic (exact) mass is 767 g/mol. The minimum Gasteiger partial charge on any atom is -0.309 e. The largest absolute Gasteiger partial charge is 0.309 e. The highest BCUT2D eigenvalue weighted by Crippen LogP contribution is 2.46. The molecule has 0 fully saturated rings. The van der Waals surface area contributed by atoms with Crippen LogP contribution in [0.15, 0.2) is 206 Å². The van der Waals surface area contributed by atoms with Gasteiger partial charge in [0.05, 0.1) is 27.8 Å². The number of rotatable bonds is 6.